The van der Waals surface area contributed by atoms with Crippen LogP contribution in [0.4, 0.5) is 5.82 Å². The summed E-state index contributed by atoms with van der Waals surface area (Å²) in [7, 11) is 3.18. The second kappa shape index (κ2) is 14.1. The molecule has 12 heteroatoms. The maximum atomic E-state index is 13.7. The number of hydrogen-bond acceptors (Lipinski definition) is 10. The normalized spacial score (nSPS) is 14.6. The van der Waals surface area contributed by atoms with Crippen LogP contribution < -0.4 is 29.8 Å². The van der Waals surface area contributed by atoms with Crippen molar-refractivity contribution < 1.29 is 23.7 Å². The van der Waals surface area contributed by atoms with E-state index in [1.54, 1.807) is 36.7 Å². The van der Waals surface area contributed by atoms with Gasteiger partial charge in [0.2, 0.25) is 6.79 Å². The van der Waals surface area contributed by atoms with Crippen molar-refractivity contribution >= 4 is 46.1 Å². The van der Waals surface area contributed by atoms with E-state index < -0.39 is 0 Å². The number of carbonyl (C=O) groups is 1. The number of unbranched alkanes of at least 4 members (excludes halogenated alkanes) is 1. The Morgan fingerprint density at radius 2 is 1.84 bits per heavy atom. The van der Waals surface area contributed by atoms with Crippen molar-refractivity contribution in [2.24, 2.45) is 0 Å². The lowest BCUT2D eigenvalue weighted by Gasteiger charge is -2.20. The molecule has 0 bridgehead atoms. The number of aromatic nitrogens is 1. The number of nitrogens with zero attached hydrogens (tertiary/aromatic N) is 3. The predicted octanol–water partition coefficient (Wildman–Crippen LogP) is 5.63. The Kier molecular flexibility index (Phi) is 10.0. The Morgan fingerprint density at radius 3 is 2.58 bits per heavy atom. The highest BCUT2D eigenvalue weighted by molar-refractivity contribution is 8.26. The number of nitrogens with one attached hydrogen (secondary N) is 1. The largest absolute Gasteiger partial charge is 0.493 e. The number of ether oxygens (including phenoxy) is 4. The molecule has 1 aromatic heterocycles. The topological polar surface area (TPSA) is 115 Å². The summed E-state index contributed by atoms with van der Waals surface area (Å²) in [5.41, 5.74) is 2.68. The van der Waals surface area contributed by atoms with E-state index in [4.69, 9.17) is 31.2 Å². The first-order valence-corrected chi connectivity index (χ1v) is 15.8. The molecule has 1 fully saturated rings. The molecule has 234 valence electrons. The summed E-state index contributed by atoms with van der Waals surface area (Å²) < 4.78 is 23.7. The van der Waals surface area contributed by atoms with Gasteiger partial charge in [0.15, 0.2) is 23.0 Å². The Hall–Kier alpha value is -4.47. The fourth-order valence-electron chi connectivity index (χ4n) is 5.23. The molecule has 0 atom stereocenters. The number of nitriles is 1. The Bertz CT molecular complexity index is 1780. The molecule has 2 aliphatic rings. The molecule has 0 saturated carbocycles. The summed E-state index contributed by atoms with van der Waals surface area (Å²) in [5.74, 6) is 2.88. The van der Waals surface area contributed by atoms with Gasteiger partial charge in [-0.1, -0.05) is 49.5 Å². The van der Waals surface area contributed by atoms with Crippen LogP contribution in [0, 0.1) is 18.3 Å². The van der Waals surface area contributed by atoms with Gasteiger partial charge < -0.3 is 24.3 Å². The van der Waals surface area contributed by atoms with Gasteiger partial charge in [0.25, 0.3) is 11.5 Å². The van der Waals surface area contributed by atoms with Crippen LogP contribution in [-0.2, 0) is 24.3 Å². The molecule has 1 N–H and O–H groups in total. The predicted molar refractivity (Wildman–Crippen MR) is 178 cm³/mol. The quantitative estimate of drug-likeness (QED) is 0.196. The summed E-state index contributed by atoms with van der Waals surface area (Å²) in [4.78, 5) is 29.2. The number of fused-ring (bicyclic) bond motifs is 1. The average Bonchev–Trinajstić information content (AvgIpc) is 3.62. The van der Waals surface area contributed by atoms with Gasteiger partial charge in [-0.05, 0) is 66.8 Å². The molecule has 0 aliphatic carbocycles. The van der Waals surface area contributed by atoms with Crippen molar-refractivity contribution in [3.63, 3.8) is 0 Å². The van der Waals surface area contributed by atoms with Gasteiger partial charge in [-0.3, -0.25) is 19.1 Å². The minimum Gasteiger partial charge on any atom is -0.493 e. The third kappa shape index (κ3) is 6.65. The van der Waals surface area contributed by atoms with Gasteiger partial charge in [-0.15, -0.1) is 0 Å². The number of hydrogen-bond donors (Lipinski definition) is 1. The van der Waals surface area contributed by atoms with Crippen LogP contribution in [0.1, 0.15) is 47.6 Å². The number of thioether (sulfide) groups is 1. The van der Waals surface area contributed by atoms with Gasteiger partial charge in [0.05, 0.1) is 25.7 Å². The first kappa shape index (κ1) is 31.9. The summed E-state index contributed by atoms with van der Waals surface area (Å²) in [6, 6.07) is 13.4. The highest BCUT2D eigenvalue weighted by Gasteiger charge is 2.33. The van der Waals surface area contributed by atoms with E-state index in [0.717, 1.165) is 24.0 Å². The molecule has 2 aliphatic heterocycles. The fraction of sp³-hybridized carbons (Fsp3) is 0.333. The maximum Gasteiger partial charge on any atom is 0.270 e. The monoisotopic (exact) mass is 646 g/mol. The number of anilines is 1. The van der Waals surface area contributed by atoms with E-state index in [9.17, 15) is 14.9 Å². The zero-order valence-corrected chi connectivity index (χ0v) is 27.2. The van der Waals surface area contributed by atoms with Gasteiger partial charge in [0, 0.05) is 18.7 Å². The second-order valence-electron chi connectivity index (χ2n) is 10.5. The lowest BCUT2D eigenvalue weighted by Crippen LogP contribution is -2.29. The zero-order valence-electron chi connectivity index (χ0n) is 25.6. The number of methoxy groups -OCH3 is 2. The van der Waals surface area contributed by atoms with Crippen LogP contribution in [0.25, 0.3) is 6.08 Å². The lowest BCUT2D eigenvalue weighted by molar-refractivity contribution is -0.122. The molecular formula is C33H34N4O6S2. The van der Waals surface area contributed by atoms with E-state index >= 15 is 0 Å². The van der Waals surface area contributed by atoms with E-state index in [-0.39, 0.29) is 30.4 Å². The summed E-state index contributed by atoms with van der Waals surface area (Å²) in [6.07, 6.45) is 3.98. The Labute approximate surface area is 271 Å². The van der Waals surface area contributed by atoms with Gasteiger partial charge in [0.1, 0.15) is 21.8 Å². The SMILES string of the molecule is CCCCn1c(NCCc2ccc(OC)c(OC)c2)c(/C=C2/SC(=S)N(Cc3ccc4c(c3)OCO4)C2=O)c(C)c(C#N)c1=O. The number of carbonyl (C=O) groups excluding carboxylic acids is 1. The van der Waals surface area contributed by atoms with Crippen molar-refractivity contribution in [2.45, 2.75) is 46.2 Å². The van der Waals surface area contributed by atoms with Crippen LogP contribution in [0.3, 0.4) is 0 Å². The zero-order chi connectivity index (χ0) is 32.1. The van der Waals surface area contributed by atoms with Crippen LogP contribution in [0.2, 0.25) is 0 Å². The highest BCUT2D eigenvalue weighted by Crippen LogP contribution is 2.38. The molecular weight excluding hydrogens is 613 g/mol. The fourth-order valence-corrected chi connectivity index (χ4v) is 6.47. The number of pyridine rings is 1. The molecule has 45 heavy (non-hydrogen) atoms. The van der Waals surface area contributed by atoms with Gasteiger partial charge >= 0.3 is 0 Å². The molecule has 2 aromatic carbocycles. The van der Waals surface area contributed by atoms with E-state index in [2.05, 4.69) is 11.4 Å². The van der Waals surface area contributed by atoms with Crippen molar-refractivity contribution in [3.05, 3.63) is 79.5 Å². The molecule has 1 saturated heterocycles. The number of amides is 1. The number of rotatable bonds is 12. The molecule has 3 aromatic rings. The van der Waals surface area contributed by atoms with E-state index in [1.165, 1.54) is 11.8 Å². The molecule has 0 unspecified atom stereocenters. The van der Waals surface area contributed by atoms with Gasteiger partial charge in [-0.25, -0.2) is 0 Å². The number of benzene rings is 2. The molecule has 0 radical (unpaired) electrons. The standard InChI is InChI=1S/C33H34N4O6S2/c1-5-6-13-36-30(35-12-11-21-7-9-25(40-3)27(14-21)41-4)23(20(2)24(17-34)31(36)38)16-29-32(39)37(33(44)45-29)18-22-8-10-26-28(15-22)43-19-42-26/h7-10,14-16,35H,5-6,11-13,18-19H2,1-4H3/b29-16+. The van der Waals surface area contributed by atoms with Crippen LogP contribution in [0.15, 0.2) is 46.1 Å². The second-order valence-corrected chi connectivity index (χ2v) is 12.2. The summed E-state index contributed by atoms with van der Waals surface area (Å²) >= 11 is 6.82. The van der Waals surface area contributed by atoms with Crippen LogP contribution >= 0.6 is 24.0 Å². The minimum absolute atomic E-state index is 0.0543. The first-order chi connectivity index (χ1) is 21.8. The first-order valence-electron chi connectivity index (χ1n) is 14.6. The third-order valence-corrected chi connectivity index (χ3v) is 9.07. The third-order valence-electron chi connectivity index (χ3n) is 7.69. The molecule has 5 rings (SSSR count). The molecule has 0 spiro atoms. The van der Waals surface area contributed by atoms with E-state index in [0.29, 0.717) is 68.7 Å². The maximum absolute atomic E-state index is 13.7. The lowest BCUT2D eigenvalue weighted by atomic mass is 10.0. The van der Waals surface area contributed by atoms with Crippen LogP contribution in [-0.4, -0.2) is 47.3 Å². The minimum atomic E-state index is -0.357. The van der Waals surface area contributed by atoms with Crippen molar-refractivity contribution in [3.8, 4) is 29.1 Å². The average molecular weight is 647 g/mol. The number of thiocarbonyl (C=S) groups is 1. The van der Waals surface area contributed by atoms with E-state index in [1.807, 2.05) is 43.3 Å². The summed E-state index contributed by atoms with van der Waals surface area (Å²) in [6.45, 7) is 5.13. The van der Waals surface area contributed by atoms with Gasteiger partial charge in [-0.2, -0.15) is 5.26 Å². The van der Waals surface area contributed by atoms with Crippen molar-refractivity contribution in [2.75, 3.05) is 32.9 Å². The Balaban J connectivity index is 1.47. The Morgan fingerprint density at radius 1 is 1.09 bits per heavy atom. The molecule has 3 heterocycles. The highest BCUT2D eigenvalue weighted by atomic mass is 32.2. The summed E-state index contributed by atoms with van der Waals surface area (Å²) in [5, 5.41) is 13.4. The van der Waals surface area contributed by atoms with Crippen LogP contribution in [0.5, 0.6) is 23.0 Å². The molecule has 10 nitrogen and oxygen atoms in total. The van der Waals surface area contributed by atoms with Crippen molar-refractivity contribution in [1.29, 1.82) is 5.26 Å². The smallest absolute Gasteiger partial charge is 0.270 e. The van der Waals surface area contributed by atoms with Crippen molar-refractivity contribution in [1.82, 2.24) is 9.47 Å². The molecule has 1 amide bonds.